The Balaban J connectivity index is 0.000000276. The Morgan fingerprint density at radius 2 is 1.30 bits per heavy atom. The van der Waals surface area contributed by atoms with E-state index in [0.29, 0.717) is 11.1 Å². The van der Waals surface area contributed by atoms with Gasteiger partial charge in [0.05, 0.1) is 11.9 Å². The molecule has 4 nitrogen and oxygen atoms in total. The molecule has 1 aliphatic carbocycles. The lowest BCUT2D eigenvalue weighted by molar-refractivity contribution is -0.259. The van der Waals surface area contributed by atoms with Gasteiger partial charge in [0.2, 0.25) is 0 Å². The SMILES string of the molecule is C1CCCCC1.Cc1ccc(C(=O)[O-])c(C(=O)[O-])c1C. The molecule has 20 heavy (non-hydrogen) atoms. The van der Waals surface area contributed by atoms with Crippen LogP contribution in [0.25, 0.3) is 0 Å². The van der Waals surface area contributed by atoms with E-state index in [4.69, 9.17) is 0 Å². The van der Waals surface area contributed by atoms with E-state index >= 15 is 0 Å². The maximum atomic E-state index is 10.7. The van der Waals surface area contributed by atoms with Crippen LogP contribution in [-0.2, 0) is 0 Å². The summed E-state index contributed by atoms with van der Waals surface area (Å²) in [4.78, 5) is 21.3. The van der Waals surface area contributed by atoms with Crippen LogP contribution in [0.4, 0.5) is 0 Å². The van der Waals surface area contributed by atoms with Gasteiger partial charge in [0.1, 0.15) is 0 Å². The molecule has 1 saturated carbocycles. The second-order valence-electron chi connectivity index (χ2n) is 5.13. The van der Waals surface area contributed by atoms with Gasteiger partial charge in [-0.05, 0) is 25.0 Å². The van der Waals surface area contributed by atoms with Crippen molar-refractivity contribution in [2.45, 2.75) is 52.4 Å². The number of rotatable bonds is 2. The molecule has 2 rings (SSSR count). The van der Waals surface area contributed by atoms with Crippen LogP contribution in [0.2, 0.25) is 0 Å². The number of hydrogen-bond acceptors (Lipinski definition) is 4. The molecule has 4 heteroatoms. The molecule has 1 aliphatic rings. The van der Waals surface area contributed by atoms with E-state index in [1.807, 2.05) is 0 Å². The number of benzene rings is 1. The first-order valence-electron chi connectivity index (χ1n) is 6.98. The standard InChI is InChI=1S/C10H10O4.C6H12/c1-5-3-4-7(9(11)12)8(6(5)2)10(13)14;1-2-4-6-5-3-1/h3-4H,1-2H3,(H,11,12)(H,13,14);1-6H2/p-2. The Bertz CT molecular complexity index is 476. The predicted molar refractivity (Wildman–Crippen MR) is 72.3 cm³/mol. The van der Waals surface area contributed by atoms with Crippen molar-refractivity contribution in [3.05, 3.63) is 34.4 Å². The van der Waals surface area contributed by atoms with Gasteiger partial charge in [-0.2, -0.15) is 0 Å². The highest BCUT2D eigenvalue weighted by Crippen LogP contribution is 2.17. The molecule has 0 heterocycles. The van der Waals surface area contributed by atoms with E-state index in [2.05, 4.69) is 0 Å². The third-order valence-electron chi connectivity index (χ3n) is 3.66. The van der Waals surface area contributed by atoms with Gasteiger partial charge in [0.15, 0.2) is 0 Å². The van der Waals surface area contributed by atoms with Crippen molar-refractivity contribution in [1.82, 2.24) is 0 Å². The van der Waals surface area contributed by atoms with Gasteiger partial charge in [0, 0.05) is 11.1 Å². The van der Waals surface area contributed by atoms with Crippen LogP contribution in [-0.4, -0.2) is 11.9 Å². The van der Waals surface area contributed by atoms with Crippen molar-refractivity contribution >= 4 is 11.9 Å². The fraction of sp³-hybridized carbons (Fsp3) is 0.500. The number of aromatic carboxylic acids is 2. The summed E-state index contributed by atoms with van der Waals surface area (Å²) in [6.07, 6.45) is 9.00. The molecule has 0 amide bonds. The first-order chi connectivity index (χ1) is 9.45. The van der Waals surface area contributed by atoms with Crippen LogP contribution < -0.4 is 10.2 Å². The van der Waals surface area contributed by atoms with E-state index in [1.165, 1.54) is 57.6 Å². The summed E-state index contributed by atoms with van der Waals surface area (Å²) in [5.74, 6) is -3.00. The fourth-order valence-corrected chi connectivity index (χ4v) is 2.31. The molecular weight excluding hydrogens is 256 g/mol. The predicted octanol–water partition coefficient (Wildman–Crippen LogP) is 1.37. The first kappa shape index (κ1) is 16.2. The zero-order valence-corrected chi connectivity index (χ0v) is 12.0. The normalized spacial score (nSPS) is 14.1. The van der Waals surface area contributed by atoms with Crippen molar-refractivity contribution in [2.75, 3.05) is 0 Å². The van der Waals surface area contributed by atoms with Crippen LogP contribution in [0.3, 0.4) is 0 Å². The highest BCUT2D eigenvalue weighted by Gasteiger charge is 2.09. The summed E-state index contributed by atoms with van der Waals surface area (Å²) in [5, 5.41) is 21.3. The van der Waals surface area contributed by atoms with Crippen LogP contribution in [0.15, 0.2) is 12.1 Å². The Morgan fingerprint density at radius 1 is 0.850 bits per heavy atom. The maximum Gasteiger partial charge on any atom is 0.0724 e. The Morgan fingerprint density at radius 3 is 1.65 bits per heavy atom. The Kier molecular flexibility index (Phi) is 6.22. The lowest BCUT2D eigenvalue weighted by Gasteiger charge is -2.15. The van der Waals surface area contributed by atoms with E-state index in [9.17, 15) is 19.8 Å². The first-order valence-corrected chi connectivity index (χ1v) is 6.98. The summed E-state index contributed by atoms with van der Waals surface area (Å²) in [5.41, 5.74) is 0.457. The molecule has 0 spiro atoms. The molecule has 0 saturated heterocycles. The van der Waals surface area contributed by atoms with Crippen molar-refractivity contribution < 1.29 is 19.8 Å². The molecule has 0 radical (unpaired) electrons. The lowest BCUT2D eigenvalue weighted by atomic mass is 9.98. The topological polar surface area (TPSA) is 80.3 Å². The van der Waals surface area contributed by atoms with Crippen LogP contribution in [0.1, 0.15) is 70.4 Å². The second-order valence-corrected chi connectivity index (χ2v) is 5.13. The second kappa shape index (κ2) is 7.68. The molecule has 1 fully saturated rings. The van der Waals surface area contributed by atoms with E-state index < -0.39 is 11.9 Å². The molecule has 0 unspecified atom stereocenters. The number of aryl methyl sites for hydroxylation is 1. The van der Waals surface area contributed by atoms with Gasteiger partial charge < -0.3 is 19.8 Å². The number of hydrogen-bond donors (Lipinski definition) is 0. The highest BCUT2D eigenvalue weighted by atomic mass is 16.4. The minimum absolute atomic E-state index is 0.301. The monoisotopic (exact) mass is 276 g/mol. The quantitative estimate of drug-likeness (QED) is 0.817. The lowest BCUT2D eigenvalue weighted by Crippen LogP contribution is -2.31. The average Bonchev–Trinajstić information content (AvgIpc) is 2.43. The molecule has 0 bridgehead atoms. The van der Waals surface area contributed by atoms with Gasteiger partial charge >= 0.3 is 0 Å². The van der Waals surface area contributed by atoms with Crippen molar-refractivity contribution in [2.24, 2.45) is 0 Å². The fourth-order valence-electron chi connectivity index (χ4n) is 2.31. The minimum Gasteiger partial charge on any atom is -0.545 e. The van der Waals surface area contributed by atoms with Crippen LogP contribution in [0.5, 0.6) is 0 Å². The molecule has 110 valence electrons. The minimum atomic E-state index is -1.51. The average molecular weight is 276 g/mol. The number of carbonyl (C=O) groups excluding carboxylic acids is 2. The largest absolute Gasteiger partial charge is 0.545 e. The van der Waals surface area contributed by atoms with E-state index in [-0.39, 0.29) is 11.1 Å². The molecule has 1 aromatic carbocycles. The van der Waals surface area contributed by atoms with Gasteiger partial charge in [-0.1, -0.05) is 50.7 Å². The molecule has 0 N–H and O–H groups in total. The summed E-state index contributed by atoms with van der Waals surface area (Å²) < 4.78 is 0. The zero-order chi connectivity index (χ0) is 15.1. The molecule has 1 aromatic rings. The third-order valence-corrected chi connectivity index (χ3v) is 3.66. The van der Waals surface area contributed by atoms with Gasteiger partial charge in [0.25, 0.3) is 0 Å². The zero-order valence-electron chi connectivity index (χ0n) is 12.0. The van der Waals surface area contributed by atoms with Gasteiger partial charge in [-0.25, -0.2) is 0 Å². The molecule has 0 aromatic heterocycles. The van der Waals surface area contributed by atoms with E-state index in [0.717, 1.165) is 0 Å². The number of carboxylic acids is 2. The smallest absolute Gasteiger partial charge is 0.0724 e. The number of carbonyl (C=O) groups is 2. The van der Waals surface area contributed by atoms with Crippen molar-refractivity contribution in [1.29, 1.82) is 0 Å². The summed E-state index contributed by atoms with van der Waals surface area (Å²) in [7, 11) is 0. The molecule has 0 aliphatic heterocycles. The summed E-state index contributed by atoms with van der Waals surface area (Å²) in [6.45, 7) is 3.23. The van der Waals surface area contributed by atoms with Gasteiger partial charge in [-0.15, -0.1) is 0 Å². The van der Waals surface area contributed by atoms with Crippen molar-refractivity contribution in [3.8, 4) is 0 Å². The number of carboxylic acid groups (broad SMARTS) is 2. The third kappa shape index (κ3) is 4.37. The molecule has 0 atom stereocenters. The summed E-state index contributed by atoms with van der Waals surface area (Å²) >= 11 is 0. The highest BCUT2D eigenvalue weighted by molar-refractivity contribution is 6.01. The van der Waals surface area contributed by atoms with Crippen molar-refractivity contribution in [3.63, 3.8) is 0 Å². The summed E-state index contributed by atoms with van der Waals surface area (Å²) in [6, 6.07) is 2.75. The van der Waals surface area contributed by atoms with E-state index in [1.54, 1.807) is 6.92 Å². The molecular formula is C16H20O4-2. The Hall–Kier alpha value is -1.84. The van der Waals surface area contributed by atoms with Gasteiger partial charge in [-0.3, -0.25) is 0 Å². The van der Waals surface area contributed by atoms with Crippen LogP contribution >= 0.6 is 0 Å². The maximum absolute atomic E-state index is 10.7. The van der Waals surface area contributed by atoms with Crippen LogP contribution in [0, 0.1) is 13.8 Å². The Labute approximate surface area is 119 Å².